The van der Waals surface area contributed by atoms with Crippen LogP contribution in [0, 0.1) is 5.41 Å². The lowest BCUT2D eigenvalue weighted by atomic mass is 10.0. The Morgan fingerprint density at radius 2 is 2.05 bits per heavy atom. The van der Waals surface area contributed by atoms with Gasteiger partial charge in [-0.3, -0.25) is 4.79 Å². The highest BCUT2D eigenvalue weighted by Crippen LogP contribution is 2.46. The molecule has 0 spiro atoms. The van der Waals surface area contributed by atoms with E-state index < -0.39 is 5.41 Å². The molecule has 1 aliphatic rings. The number of nitrogens with two attached hydrogens (primary N) is 1. The summed E-state index contributed by atoms with van der Waals surface area (Å²) in [6.07, 6.45) is 1.25. The SMILES string of the molecule is CC(NC(=O)C1(/C(N)=N/O)CC1)c1ccc(Br)cc1. The fourth-order valence-corrected chi connectivity index (χ4v) is 2.25. The fraction of sp³-hybridized carbons (Fsp3) is 0.385. The first-order valence-electron chi connectivity index (χ1n) is 6.04. The first kappa shape index (κ1) is 13.9. The second-order valence-electron chi connectivity index (χ2n) is 4.81. The average molecular weight is 326 g/mol. The average Bonchev–Trinajstić information content (AvgIpc) is 3.20. The van der Waals surface area contributed by atoms with E-state index in [1.54, 1.807) is 0 Å². The molecule has 19 heavy (non-hydrogen) atoms. The van der Waals surface area contributed by atoms with Crippen LogP contribution in [0.15, 0.2) is 33.9 Å². The number of benzene rings is 1. The fourth-order valence-electron chi connectivity index (χ4n) is 1.99. The Labute approximate surface area is 120 Å². The van der Waals surface area contributed by atoms with Gasteiger partial charge in [0, 0.05) is 4.47 Å². The number of hydrogen-bond donors (Lipinski definition) is 3. The van der Waals surface area contributed by atoms with Crippen LogP contribution in [0.5, 0.6) is 0 Å². The first-order valence-corrected chi connectivity index (χ1v) is 6.83. The number of nitrogens with one attached hydrogen (secondary N) is 1. The molecule has 1 aromatic carbocycles. The molecule has 0 saturated heterocycles. The maximum atomic E-state index is 12.2. The summed E-state index contributed by atoms with van der Waals surface area (Å²) in [5.41, 5.74) is 5.78. The molecule has 0 bridgehead atoms. The number of oxime groups is 1. The van der Waals surface area contributed by atoms with Gasteiger partial charge >= 0.3 is 0 Å². The van der Waals surface area contributed by atoms with Gasteiger partial charge in [-0.05, 0) is 37.5 Å². The largest absolute Gasteiger partial charge is 0.409 e. The van der Waals surface area contributed by atoms with Crippen LogP contribution in [0.1, 0.15) is 31.4 Å². The minimum atomic E-state index is -0.807. The number of hydrogen-bond acceptors (Lipinski definition) is 3. The van der Waals surface area contributed by atoms with Gasteiger partial charge in [0.2, 0.25) is 5.91 Å². The molecule has 0 aliphatic heterocycles. The Morgan fingerprint density at radius 3 is 2.53 bits per heavy atom. The molecule has 1 atom stereocenters. The quantitative estimate of drug-likeness (QED) is 0.343. The molecule has 6 heteroatoms. The van der Waals surface area contributed by atoms with E-state index in [2.05, 4.69) is 26.4 Å². The van der Waals surface area contributed by atoms with Crippen molar-refractivity contribution >= 4 is 27.7 Å². The first-order chi connectivity index (χ1) is 8.99. The third-order valence-corrected chi connectivity index (χ3v) is 4.03. The molecule has 1 aromatic rings. The van der Waals surface area contributed by atoms with Gasteiger partial charge < -0.3 is 16.3 Å². The predicted octanol–water partition coefficient (Wildman–Crippen LogP) is 2.15. The summed E-state index contributed by atoms with van der Waals surface area (Å²) in [4.78, 5) is 12.2. The lowest BCUT2D eigenvalue weighted by molar-refractivity contribution is -0.124. The summed E-state index contributed by atoms with van der Waals surface area (Å²) in [6, 6.07) is 7.61. The van der Waals surface area contributed by atoms with E-state index in [4.69, 9.17) is 10.9 Å². The maximum absolute atomic E-state index is 12.2. The van der Waals surface area contributed by atoms with E-state index in [0.717, 1.165) is 10.0 Å². The van der Waals surface area contributed by atoms with Gasteiger partial charge in [0.1, 0.15) is 5.41 Å². The summed E-state index contributed by atoms with van der Waals surface area (Å²) in [7, 11) is 0. The van der Waals surface area contributed by atoms with Crippen molar-refractivity contribution in [1.29, 1.82) is 0 Å². The molecular weight excluding hydrogens is 310 g/mol. The van der Waals surface area contributed by atoms with Crippen LogP contribution in [0.2, 0.25) is 0 Å². The molecule has 1 saturated carbocycles. The van der Waals surface area contributed by atoms with Gasteiger partial charge in [0.25, 0.3) is 0 Å². The number of nitrogens with zero attached hydrogens (tertiary/aromatic N) is 1. The van der Waals surface area contributed by atoms with Crippen LogP contribution in [0.25, 0.3) is 0 Å². The summed E-state index contributed by atoms with van der Waals surface area (Å²) in [5.74, 6) is -0.189. The number of carbonyl (C=O) groups excluding carboxylic acids is 1. The zero-order chi connectivity index (χ0) is 14.0. The van der Waals surface area contributed by atoms with Crippen LogP contribution in [-0.4, -0.2) is 17.0 Å². The molecule has 0 aromatic heterocycles. The van der Waals surface area contributed by atoms with Crippen molar-refractivity contribution in [2.75, 3.05) is 0 Å². The van der Waals surface area contributed by atoms with Crippen molar-refractivity contribution in [2.24, 2.45) is 16.3 Å². The van der Waals surface area contributed by atoms with Crippen LogP contribution >= 0.6 is 15.9 Å². The van der Waals surface area contributed by atoms with E-state index in [0.29, 0.717) is 12.8 Å². The second-order valence-corrected chi connectivity index (χ2v) is 5.73. The molecule has 102 valence electrons. The molecule has 1 fully saturated rings. The Kier molecular flexibility index (Phi) is 3.80. The van der Waals surface area contributed by atoms with E-state index in [1.165, 1.54) is 0 Å². The zero-order valence-corrected chi connectivity index (χ0v) is 12.1. The lowest BCUT2D eigenvalue weighted by Gasteiger charge is -2.19. The minimum absolute atomic E-state index is 0.00648. The Hall–Kier alpha value is -1.56. The van der Waals surface area contributed by atoms with Crippen LogP contribution in [-0.2, 0) is 4.79 Å². The Morgan fingerprint density at radius 1 is 1.47 bits per heavy atom. The summed E-state index contributed by atoms with van der Waals surface area (Å²) in [6.45, 7) is 1.91. The van der Waals surface area contributed by atoms with E-state index in [9.17, 15) is 4.79 Å². The molecular formula is C13H16BrN3O2. The van der Waals surface area contributed by atoms with E-state index >= 15 is 0 Å². The van der Waals surface area contributed by atoms with Crippen LogP contribution in [0.3, 0.4) is 0 Å². The maximum Gasteiger partial charge on any atom is 0.234 e. The monoisotopic (exact) mass is 325 g/mol. The minimum Gasteiger partial charge on any atom is -0.409 e. The van der Waals surface area contributed by atoms with Gasteiger partial charge in [0.05, 0.1) is 6.04 Å². The van der Waals surface area contributed by atoms with Crippen molar-refractivity contribution in [3.63, 3.8) is 0 Å². The Balaban J connectivity index is 2.05. The standard InChI is InChI=1S/C13H16BrN3O2/c1-8(9-2-4-10(14)5-3-9)16-12(18)13(6-7-13)11(15)17-19/h2-5,8,19H,6-7H2,1H3,(H2,15,17)(H,16,18). The number of carbonyl (C=O) groups is 1. The van der Waals surface area contributed by atoms with Gasteiger partial charge in [-0.1, -0.05) is 33.2 Å². The smallest absolute Gasteiger partial charge is 0.234 e. The molecule has 0 heterocycles. The van der Waals surface area contributed by atoms with Crippen LogP contribution in [0.4, 0.5) is 0 Å². The molecule has 5 nitrogen and oxygen atoms in total. The molecule has 1 unspecified atom stereocenters. The van der Waals surface area contributed by atoms with Crippen molar-refractivity contribution in [3.8, 4) is 0 Å². The van der Waals surface area contributed by atoms with Crippen molar-refractivity contribution in [3.05, 3.63) is 34.3 Å². The molecule has 1 amide bonds. The summed E-state index contributed by atoms with van der Waals surface area (Å²) >= 11 is 3.37. The molecule has 4 N–H and O–H groups in total. The lowest BCUT2D eigenvalue weighted by Crippen LogP contribution is -2.41. The highest BCUT2D eigenvalue weighted by Gasteiger charge is 2.54. The summed E-state index contributed by atoms with van der Waals surface area (Å²) in [5, 5.41) is 14.6. The van der Waals surface area contributed by atoms with Crippen molar-refractivity contribution in [1.82, 2.24) is 5.32 Å². The van der Waals surface area contributed by atoms with Crippen LogP contribution < -0.4 is 11.1 Å². The topological polar surface area (TPSA) is 87.7 Å². The zero-order valence-electron chi connectivity index (χ0n) is 10.6. The highest BCUT2D eigenvalue weighted by atomic mass is 79.9. The number of rotatable bonds is 4. The van der Waals surface area contributed by atoms with Gasteiger partial charge in [-0.15, -0.1) is 0 Å². The molecule has 1 aliphatic carbocycles. The van der Waals surface area contributed by atoms with Crippen molar-refractivity contribution in [2.45, 2.75) is 25.8 Å². The molecule has 2 rings (SSSR count). The number of amidine groups is 1. The van der Waals surface area contributed by atoms with E-state index in [-0.39, 0.29) is 17.8 Å². The van der Waals surface area contributed by atoms with Crippen molar-refractivity contribution < 1.29 is 10.0 Å². The van der Waals surface area contributed by atoms with Gasteiger partial charge in [0.15, 0.2) is 5.84 Å². The number of halogens is 1. The van der Waals surface area contributed by atoms with Gasteiger partial charge in [-0.25, -0.2) is 0 Å². The third-order valence-electron chi connectivity index (χ3n) is 3.50. The normalized spacial score (nSPS) is 18.7. The second kappa shape index (κ2) is 5.21. The Bertz CT molecular complexity index is 509. The predicted molar refractivity (Wildman–Crippen MR) is 75.8 cm³/mol. The van der Waals surface area contributed by atoms with E-state index in [1.807, 2.05) is 31.2 Å². The highest BCUT2D eigenvalue weighted by molar-refractivity contribution is 9.10. The molecule has 0 radical (unpaired) electrons. The third kappa shape index (κ3) is 2.73. The van der Waals surface area contributed by atoms with Gasteiger partial charge in [-0.2, -0.15) is 0 Å². The summed E-state index contributed by atoms with van der Waals surface area (Å²) < 4.78 is 0.991. The number of amides is 1.